The molecule has 1 saturated carbocycles. The summed E-state index contributed by atoms with van der Waals surface area (Å²) in [4.78, 5) is 0. The highest BCUT2D eigenvalue weighted by Gasteiger charge is 2.41. The second kappa shape index (κ2) is 5.53. The zero-order chi connectivity index (χ0) is 14.0. The van der Waals surface area contributed by atoms with Gasteiger partial charge in [-0.1, -0.05) is 20.3 Å². The van der Waals surface area contributed by atoms with E-state index < -0.39 is 0 Å². The lowest BCUT2D eigenvalue weighted by molar-refractivity contribution is 0.194. The molecule has 0 saturated heterocycles. The van der Waals surface area contributed by atoms with Crippen molar-refractivity contribution in [2.75, 3.05) is 14.2 Å². The third kappa shape index (κ3) is 2.50. The summed E-state index contributed by atoms with van der Waals surface area (Å²) in [5.41, 5.74) is 1.58. The van der Waals surface area contributed by atoms with Crippen molar-refractivity contribution in [2.45, 2.75) is 52.6 Å². The summed E-state index contributed by atoms with van der Waals surface area (Å²) < 4.78 is 7.58. The van der Waals surface area contributed by atoms with Crippen LogP contribution in [-0.2, 0) is 6.54 Å². The van der Waals surface area contributed by atoms with Gasteiger partial charge in [0.05, 0.1) is 25.0 Å². The first-order valence-electron chi connectivity index (χ1n) is 7.32. The van der Waals surface area contributed by atoms with Crippen LogP contribution in [0, 0.1) is 11.3 Å². The van der Waals surface area contributed by atoms with Crippen LogP contribution in [-0.4, -0.2) is 23.9 Å². The van der Waals surface area contributed by atoms with E-state index in [4.69, 9.17) is 4.74 Å². The summed E-state index contributed by atoms with van der Waals surface area (Å²) in [6.07, 6.45) is 5.73. The second-order valence-electron chi connectivity index (χ2n) is 6.17. The quantitative estimate of drug-likeness (QED) is 0.889. The van der Waals surface area contributed by atoms with Crippen LogP contribution in [0.25, 0.3) is 0 Å². The monoisotopic (exact) mass is 265 g/mol. The van der Waals surface area contributed by atoms with E-state index in [9.17, 15) is 0 Å². The van der Waals surface area contributed by atoms with E-state index in [0.29, 0.717) is 17.4 Å². The van der Waals surface area contributed by atoms with Gasteiger partial charge in [-0.25, -0.2) is 0 Å². The van der Waals surface area contributed by atoms with Crippen molar-refractivity contribution < 1.29 is 4.74 Å². The standard InChI is InChI=1S/C15H27N3O/c1-6-18-14(12(19-5)10-17-18)13(16-4)11-8-7-9-15(11,2)3/h10-11,13,16H,6-9H2,1-5H3. The molecule has 1 heterocycles. The number of rotatable bonds is 5. The number of aryl methyl sites for hydroxylation is 1. The predicted molar refractivity (Wildman–Crippen MR) is 77.4 cm³/mol. The number of hydrogen-bond donors (Lipinski definition) is 1. The molecule has 0 radical (unpaired) electrons. The summed E-state index contributed by atoms with van der Waals surface area (Å²) in [6.45, 7) is 7.77. The summed E-state index contributed by atoms with van der Waals surface area (Å²) in [6, 6.07) is 0.315. The number of hydrogen-bond acceptors (Lipinski definition) is 3. The van der Waals surface area contributed by atoms with Crippen molar-refractivity contribution >= 4 is 0 Å². The average Bonchev–Trinajstić information content (AvgIpc) is 2.95. The molecule has 0 aromatic carbocycles. The molecule has 19 heavy (non-hydrogen) atoms. The van der Waals surface area contributed by atoms with Gasteiger partial charge >= 0.3 is 0 Å². The van der Waals surface area contributed by atoms with Crippen LogP contribution in [0.2, 0.25) is 0 Å². The molecule has 1 aromatic rings. The first-order valence-corrected chi connectivity index (χ1v) is 7.32. The Morgan fingerprint density at radius 2 is 2.32 bits per heavy atom. The molecule has 1 aliphatic rings. The molecule has 1 aliphatic carbocycles. The maximum absolute atomic E-state index is 5.52. The summed E-state index contributed by atoms with van der Waals surface area (Å²) in [5, 5.41) is 7.96. The fraction of sp³-hybridized carbons (Fsp3) is 0.800. The largest absolute Gasteiger partial charge is 0.493 e. The van der Waals surface area contributed by atoms with Crippen molar-refractivity contribution in [1.82, 2.24) is 15.1 Å². The maximum Gasteiger partial charge on any atom is 0.161 e. The van der Waals surface area contributed by atoms with Gasteiger partial charge in [0.15, 0.2) is 5.75 Å². The first-order chi connectivity index (χ1) is 9.05. The van der Waals surface area contributed by atoms with E-state index in [0.717, 1.165) is 12.3 Å². The molecule has 108 valence electrons. The molecular formula is C15H27N3O. The highest BCUT2D eigenvalue weighted by Crippen LogP contribution is 2.49. The van der Waals surface area contributed by atoms with Crippen LogP contribution in [0.15, 0.2) is 6.20 Å². The van der Waals surface area contributed by atoms with Gasteiger partial charge in [0.1, 0.15) is 0 Å². The van der Waals surface area contributed by atoms with Gasteiger partial charge in [0.25, 0.3) is 0 Å². The van der Waals surface area contributed by atoms with Crippen molar-refractivity contribution in [3.8, 4) is 5.75 Å². The lowest BCUT2D eigenvalue weighted by Gasteiger charge is -2.34. The van der Waals surface area contributed by atoms with E-state index in [1.165, 1.54) is 25.0 Å². The Balaban J connectivity index is 2.39. The Labute approximate surface area is 116 Å². The molecule has 1 N–H and O–H groups in total. The molecule has 1 fully saturated rings. The molecule has 0 aliphatic heterocycles. The highest BCUT2D eigenvalue weighted by atomic mass is 16.5. The van der Waals surface area contributed by atoms with Crippen molar-refractivity contribution in [1.29, 1.82) is 0 Å². The highest BCUT2D eigenvalue weighted by molar-refractivity contribution is 5.29. The number of ether oxygens (including phenoxy) is 1. The molecule has 0 amide bonds. The van der Waals surface area contributed by atoms with Crippen LogP contribution in [0.3, 0.4) is 0 Å². The van der Waals surface area contributed by atoms with Crippen LogP contribution in [0.4, 0.5) is 0 Å². The minimum Gasteiger partial charge on any atom is -0.493 e. The lowest BCUT2D eigenvalue weighted by Crippen LogP contribution is -2.33. The Hall–Kier alpha value is -1.03. The predicted octanol–water partition coefficient (Wildman–Crippen LogP) is 3.00. The SMILES string of the molecule is CCn1ncc(OC)c1C(NC)C1CCCC1(C)C. The zero-order valence-electron chi connectivity index (χ0n) is 12.9. The summed E-state index contributed by atoms with van der Waals surface area (Å²) in [5.74, 6) is 1.54. The molecule has 1 aromatic heterocycles. The molecular weight excluding hydrogens is 238 g/mol. The molecule has 0 spiro atoms. The second-order valence-corrected chi connectivity index (χ2v) is 6.17. The molecule has 4 nitrogen and oxygen atoms in total. The normalized spacial score (nSPS) is 23.5. The fourth-order valence-corrected chi connectivity index (χ4v) is 3.60. The molecule has 0 bridgehead atoms. The van der Waals surface area contributed by atoms with Crippen molar-refractivity contribution in [3.63, 3.8) is 0 Å². The van der Waals surface area contributed by atoms with Crippen LogP contribution >= 0.6 is 0 Å². The van der Waals surface area contributed by atoms with E-state index in [1.807, 2.05) is 13.2 Å². The van der Waals surface area contributed by atoms with Crippen molar-refractivity contribution in [2.24, 2.45) is 11.3 Å². The number of methoxy groups -OCH3 is 1. The van der Waals surface area contributed by atoms with E-state index in [2.05, 4.69) is 35.9 Å². The third-order valence-electron chi connectivity index (χ3n) is 4.71. The minimum absolute atomic E-state index is 0.315. The van der Waals surface area contributed by atoms with Gasteiger partial charge in [-0.05, 0) is 38.1 Å². The van der Waals surface area contributed by atoms with Crippen LogP contribution < -0.4 is 10.1 Å². The molecule has 4 heteroatoms. The Bertz CT molecular complexity index is 404. The van der Waals surface area contributed by atoms with Gasteiger partial charge in [-0.2, -0.15) is 5.10 Å². The van der Waals surface area contributed by atoms with Gasteiger partial charge in [-0.3, -0.25) is 4.68 Å². The van der Waals surface area contributed by atoms with Crippen LogP contribution in [0.5, 0.6) is 5.75 Å². The van der Waals surface area contributed by atoms with Gasteiger partial charge < -0.3 is 10.1 Å². The third-order valence-corrected chi connectivity index (χ3v) is 4.71. The average molecular weight is 265 g/mol. The van der Waals surface area contributed by atoms with Crippen molar-refractivity contribution in [3.05, 3.63) is 11.9 Å². The minimum atomic E-state index is 0.315. The van der Waals surface area contributed by atoms with E-state index >= 15 is 0 Å². The Kier molecular flexibility index (Phi) is 4.19. The topological polar surface area (TPSA) is 39.1 Å². The molecule has 2 rings (SSSR count). The van der Waals surface area contributed by atoms with E-state index in [-0.39, 0.29) is 0 Å². The summed E-state index contributed by atoms with van der Waals surface area (Å²) in [7, 11) is 3.78. The maximum atomic E-state index is 5.52. The van der Waals surface area contributed by atoms with Gasteiger partial charge in [-0.15, -0.1) is 0 Å². The number of aromatic nitrogens is 2. The van der Waals surface area contributed by atoms with Gasteiger partial charge in [0.2, 0.25) is 0 Å². The Morgan fingerprint density at radius 1 is 1.58 bits per heavy atom. The first kappa shape index (κ1) is 14.4. The lowest BCUT2D eigenvalue weighted by atomic mass is 9.76. The number of nitrogens with one attached hydrogen (secondary N) is 1. The van der Waals surface area contributed by atoms with E-state index in [1.54, 1.807) is 7.11 Å². The molecule has 2 unspecified atom stereocenters. The zero-order valence-corrected chi connectivity index (χ0v) is 12.9. The smallest absolute Gasteiger partial charge is 0.161 e. The fourth-order valence-electron chi connectivity index (χ4n) is 3.60. The number of nitrogens with zero attached hydrogens (tertiary/aromatic N) is 2. The van der Waals surface area contributed by atoms with Crippen LogP contribution in [0.1, 0.15) is 51.8 Å². The Morgan fingerprint density at radius 3 is 2.79 bits per heavy atom. The van der Waals surface area contributed by atoms with Gasteiger partial charge in [0, 0.05) is 6.54 Å². The summed E-state index contributed by atoms with van der Waals surface area (Å²) >= 11 is 0. The molecule has 2 atom stereocenters.